The number of aliphatic carboxylic acids is 1. The third-order valence-electron chi connectivity index (χ3n) is 4.68. The average Bonchev–Trinajstić information content (AvgIpc) is 3.27. The molecule has 0 spiro atoms. The summed E-state index contributed by atoms with van der Waals surface area (Å²) in [5.74, 6) is -4.54. The smallest absolute Gasteiger partial charge is 0.325 e. The van der Waals surface area contributed by atoms with Crippen LogP contribution in [-0.2, 0) is 30.4 Å². The quantitative estimate of drug-likeness (QED) is 0.0640. The highest BCUT2D eigenvalue weighted by molar-refractivity contribution is 5.95. The van der Waals surface area contributed by atoms with Gasteiger partial charge in [-0.3, -0.25) is 29.0 Å². The number of aromatic nitrogens is 2. The molecule has 16 heteroatoms. The fraction of sp³-hybridized carbons (Fsp3) is 0.526. The van der Waals surface area contributed by atoms with Gasteiger partial charge in [0.05, 0.1) is 18.8 Å². The Morgan fingerprint density at radius 2 is 1.69 bits per heavy atom. The summed E-state index contributed by atoms with van der Waals surface area (Å²) in [7, 11) is 0. The first-order chi connectivity index (χ1) is 16.4. The Hall–Kier alpha value is -4.21. The number of hydrogen-bond acceptors (Lipinski definition) is 8. The highest BCUT2D eigenvalue weighted by Crippen LogP contribution is 2.05. The minimum absolute atomic E-state index is 0.0469. The number of carboxylic acid groups (broad SMARTS) is 1. The lowest BCUT2D eigenvalue weighted by Gasteiger charge is -2.24. The van der Waals surface area contributed by atoms with E-state index in [9.17, 15) is 24.0 Å². The molecule has 1 aromatic heterocycles. The number of hydrogen-bond donors (Lipinski definition) is 9. The molecule has 16 nitrogen and oxygen atoms in total. The van der Waals surface area contributed by atoms with Crippen molar-refractivity contribution in [3.05, 3.63) is 18.2 Å². The molecule has 1 aromatic rings. The van der Waals surface area contributed by atoms with Gasteiger partial charge in [0.1, 0.15) is 18.1 Å². The van der Waals surface area contributed by atoms with Crippen molar-refractivity contribution in [3.8, 4) is 0 Å². The number of amides is 4. The van der Waals surface area contributed by atoms with Crippen LogP contribution in [0.3, 0.4) is 0 Å². The zero-order valence-electron chi connectivity index (χ0n) is 19.2. The van der Waals surface area contributed by atoms with Crippen LogP contribution in [-0.4, -0.2) is 81.3 Å². The van der Waals surface area contributed by atoms with Crippen molar-refractivity contribution >= 4 is 35.6 Å². The minimum atomic E-state index is -1.29. The topological polar surface area (TPSA) is 287 Å². The second-order valence-electron chi connectivity index (χ2n) is 7.70. The van der Waals surface area contributed by atoms with Crippen molar-refractivity contribution in [2.45, 2.75) is 56.8 Å². The Bertz CT molecular complexity index is 915. The van der Waals surface area contributed by atoms with Gasteiger partial charge in [0, 0.05) is 24.9 Å². The summed E-state index contributed by atoms with van der Waals surface area (Å²) in [4.78, 5) is 70.8. The number of primary amides is 1. The highest BCUT2D eigenvalue weighted by Gasteiger charge is 2.30. The second kappa shape index (κ2) is 14.1. The van der Waals surface area contributed by atoms with Crippen LogP contribution in [0.1, 0.15) is 31.9 Å². The highest BCUT2D eigenvalue weighted by atomic mass is 16.4. The van der Waals surface area contributed by atoms with Gasteiger partial charge in [-0.15, -0.1) is 0 Å². The summed E-state index contributed by atoms with van der Waals surface area (Å²) in [5.41, 5.74) is 21.8. The van der Waals surface area contributed by atoms with Crippen molar-refractivity contribution in [1.29, 1.82) is 0 Å². The fourth-order valence-corrected chi connectivity index (χ4v) is 2.83. The third-order valence-corrected chi connectivity index (χ3v) is 4.68. The standard InChI is InChI=1S/C19H32N10O6/c1-9(18(34)35)27-16(32)12(3-2-4-25-19(22)23)28-17(33)13(5-10-7-24-8-26-10)29-15(31)11(20)6-14(21)30/h7-9,11-13H,2-6,20H2,1H3,(H2,21,30)(H,24,26)(H,27,32)(H,28,33)(H,29,31)(H,34,35)(H4,22,23,25). The van der Waals surface area contributed by atoms with E-state index < -0.39 is 60.2 Å². The molecular weight excluding hydrogens is 464 g/mol. The number of guanidine groups is 1. The van der Waals surface area contributed by atoms with Gasteiger partial charge in [-0.05, 0) is 19.8 Å². The first-order valence-electron chi connectivity index (χ1n) is 10.6. The fourth-order valence-electron chi connectivity index (χ4n) is 2.83. The van der Waals surface area contributed by atoms with Gasteiger partial charge in [-0.1, -0.05) is 0 Å². The zero-order chi connectivity index (χ0) is 26.5. The van der Waals surface area contributed by atoms with Gasteiger partial charge < -0.3 is 49.0 Å². The molecule has 0 saturated carbocycles. The summed E-state index contributed by atoms with van der Waals surface area (Å²) in [5, 5.41) is 16.3. The van der Waals surface area contributed by atoms with Crippen LogP contribution >= 0.6 is 0 Å². The molecule has 13 N–H and O–H groups in total. The summed E-state index contributed by atoms with van der Waals surface area (Å²) in [6.45, 7) is 1.42. The van der Waals surface area contributed by atoms with Gasteiger partial charge in [0.15, 0.2) is 5.96 Å². The maximum atomic E-state index is 13.1. The lowest BCUT2D eigenvalue weighted by Crippen LogP contribution is -2.57. The molecule has 0 saturated heterocycles. The zero-order valence-corrected chi connectivity index (χ0v) is 19.2. The van der Waals surface area contributed by atoms with E-state index in [4.69, 9.17) is 28.0 Å². The van der Waals surface area contributed by atoms with Gasteiger partial charge in [0.2, 0.25) is 23.6 Å². The third kappa shape index (κ3) is 11.0. The monoisotopic (exact) mass is 496 g/mol. The number of carbonyl (C=O) groups is 5. The lowest BCUT2D eigenvalue weighted by molar-refractivity contribution is -0.141. The predicted molar refractivity (Wildman–Crippen MR) is 123 cm³/mol. The van der Waals surface area contributed by atoms with Crippen molar-refractivity contribution in [2.75, 3.05) is 6.54 Å². The molecule has 0 fully saturated rings. The van der Waals surface area contributed by atoms with Gasteiger partial charge in [-0.25, -0.2) is 4.98 Å². The number of imidazole rings is 1. The average molecular weight is 497 g/mol. The largest absolute Gasteiger partial charge is 0.480 e. The molecule has 0 aromatic carbocycles. The number of aliphatic imine (C=N–C) groups is 1. The first kappa shape index (κ1) is 28.8. The Morgan fingerprint density at radius 1 is 1.06 bits per heavy atom. The number of aromatic amines is 1. The van der Waals surface area contributed by atoms with Crippen molar-refractivity contribution in [3.63, 3.8) is 0 Å². The van der Waals surface area contributed by atoms with Crippen molar-refractivity contribution < 1.29 is 29.1 Å². The van der Waals surface area contributed by atoms with Crippen molar-refractivity contribution in [2.24, 2.45) is 27.9 Å². The van der Waals surface area contributed by atoms with Crippen LogP contribution < -0.4 is 38.9 Å². The van der Waals surface area contributed by atoms with E-state index in [-0.39, 0.29) is 31.8 Å². The molecule has 0 aliphatic heterocycles. The van der Waals surface area contributed by atoms with Gasteiger partial charge >= 0.3 is 5.97 Å². The summed E-state index contributed by atoms with van der Waals surface area (Å²) in [6.07, 6.45) is 2.66. The Labute approximate surface area is 200 Å². The summed E-state index contributed by atoms with van der Waals surface area (Å²) < 4.78 is 0. The number of nitrogens with one attached hydrogen (secondary N) is 4. The predicted octanol–water partition coefficient (Wildman–Crippen LogP) is -4.23. The first-order valence-corrected chi connectivity index (χ1v) is 10.6. The maximum Gasteiger partial charge on any atom is 0.325 e. The summed E-state index contributed by atoms with van der Waals surface area (Å²) in [6, 6.07) is -4.89. The van der Waals surface area contributed by atoms with E-state index in [0.29, 0.717) is 5.69 Å². The van der Waals surface area contributed by atoms with Crippen LogP contribution in [0.4, 0.5) is 0 Å². The van der Waals surface area contributed by atoms with Crippen LogP contribution in [0.5, 0.6) is 0 Å². The van der Waals surface area contributed by atoms with Crippen LogP contribution in [0.15, 0.2) is 17.5 Å². The van der Waals surface area contributed by atoms with E-state index in [1.165, 1.54) is 19.4 Å². The van der Waals surface area contributed by atoms with Crippen molar-refractivity contribution in [1.82, 2.24) is 25.9 Å². The van der Waals surface area contributed by atoms with E-state index >= 15 is 0 Å². The number of carbonyl (C=O) groups excluding carboxylic acids is 4. The van der Waals surface area contributed by atoms with E-state index in [1.807, 2.05) is 0 Å². The van der Waals surface area contributed by atoms with E-state index in [1.54, 1.807) is 0 Å². The molecule has 4 amide bonds. The number of nitrogens with zero attached hydrogens (tertiary/aromatic N) is 2. The van der Waals surface area contributed by atoms with Crippen LogP contribution in [0.25, 0.3) is 0 Å². The number of H-pyrrole nitrogens is 1. The maximum absolute atomic E-state index is 13.1. The molecule has 0 aliphatic rings. The van der Waals surface area contributed by atoms with Gasteiger partial charge in [0.25, 0.3) is 0 Å². The molecular formula is C19H32N10O6. The number of carboxylic acids is 1. The SMILES string of the molecule is CC(NC(=O)C(CCCN=C(N)N)NC(=O)C(Cc1cnc[nH]1)NC(=O)C(N)CC(N)=O)C(=O)O. The molecule has 0 radical (unpaired) electrons. The molecule has 0 aliphatic carbocycles. The van der Waals surface area contributed by atoms with Crippen LogP contribution in [0, 0.1) is 0 Å². The Balaban J connectivity index is 3.02. The van der Waals surface area contributed by atoms with Gasteiger partial charge in [-0.2, -0.15) is 0 Å². The molecule has 35 heavy (non-hydrogen) atoms. The molecule has 4 atom stereocenters. The van der Waals surface area contributed by atoms with E-state index in [2.05, 4.69) is 30.9 Å². The second-order valence-corrected chi connectivity index (χ2v) is 7.70. The Kier molecular flexibility index (Phi) is 11.6. The molecule has 0 bridgehead atoms. The number of nitrogens with two attached hydrogens (primary N) is 4. The molecule has 4 unspecified atom stereocenters. The normalized spacial score (nSPS) is 14.0. The molecule has 1 heterocycles. The molecule has 1 rings (SSSR count). The van der Waals surface area contributed by atoms with Crippen LogP contribution in [0.2, 0.25) is 0 Å². The molecule has 194 valence electrons. The Morgan fingerprint density at radius 3 is 2.23 bits per heavy atom. The lowest BCUT2D eigenvalue weighted by atomic mass is 10.1. The minimum Gasteiger partial charge on any atom is -0.480 e. The number of rotatable bonds is 15. The van der Waals surface area contributed by atoms with E-state index in [0.717, 1.165) is 0 Å². The summed E-state index contributed by atoms with van der Waals surface area (Å²) >= 11 is 0.